The molecule has 0 saturated heterocycles. The van der Waals surface area contributed by atoms with Crippen LogP contribution in [0.25, 0.3) is 0 Å². The number of hydrogen-bond acceptors (Lipinski definition) is 2. The van der Waals surface area contributed by atoms with Gasteiger partial charge in [0.15, 0.2) is 5.78 Å². The van der Waals surface area contributed by atoms with E-state index in [-0.39, 0.29) is 18.0 Å². The first-order valence-corrected chi connectivity index (χ1v) is 7.97. The molecule has 0 atom stereocenters. The van der Waals surface area contributed by atoms with Gasteiger partial charge >= 0.3 is 0 Å². The quantitative estimate of drug-likeness (QED) is 0.493. The lowest BCUT2D eigenvalue weighted by Crippen LogP contribution is -2.05. The lowest BCUT2D eigenvalue weighted by Gasteiger charge is -2.08. The summed E-state index contributed by atoms with van der Waals surface area (Å²) in [5.41, 5.74) is 1.11. The Kier molecular flexibility index (Phi) is 5.08. The third-order valence-electron chi connectivity index (χ3n) is 2.64. The summed E-state index contributed by atoms with van der Waals surface area (Å²) < 4.78 is 1.59. The van der Waals surface area contributed by atoms with E-state index >= 15 is 0 Å². The SMILES string of the molecule is O=C(Cc1ccccc1Cl)c1cc(I)cc(I)c1O. The van der Waals surface area contributed by atoms with E-state index in [1.807, 2.05) is 46.9 Å². The number of rotatable bonds is 3. The lowest BCUT2D eigenvalue weighted by molar-refractivity contribution is 0.0990. The molecule has 2 rings (SSSR count). The molecule has 0 unspecified atom stereocenters. The van der Waals surface area contributed by atoms with Crippen molar-refractivity contribution in [2.75, 3.05) is 0 Å². The van der Waals surface area contributed by atoms with Gasteiger partial charge in [0.2, 0.25) is 0 Å². The zero-order valence-electron chi connectivity index (χ0n) is 9.66. The van der Waals surface area contributed by atoms with Crippen LogP contribution in [0.15, 0.2) is 36.4 Å². The van der Waals surface area contributed by atoms with E-state index in [2.05, 4.69) is 22.6 Å². The van der Waals surface area contributed by atoms with E-state index in [4.69, 9.17) is 11.6 Å². The number of phenols is 1. The molecule has 2 aromatic carbocycles. The van der Waals surface area contributed by atoms with Crippen LogP contribution in [0, 0.1) is 7.14 Å². The summed E-state index contributed by atoms with van der Waals surface area (Å²) in [6, 6.07) is 10.7. The maximum absolute atomic E-state index is 12.3. The Labute approximate surface area is 143 Å². The molecule has 2 nitrogen and oxygen atoms in total. The minimum absolute atomic E-state index is 0.0399. The normalized spacial score (nSPS) is 10.5. The maximum atomic E-state index is 12.3. The second-order valence-electron chi connectivity index (χ2n) is 3.98. The van der Waals surface area contributed by atoms with Gasteiger partial charge in [0, 0.05) is 15.0 Å². The maximum Gasteiger partial charge on any atom is 0.171 e. The van der Waals surface area contributed by atoms with E-state index in [0.29, 0.717) is 14.2 Å². The first kappa shape index (κ1) is 15.1. The monoisotopic (exact) mass is 498 g/mol. The standard InChI is InChI=1S/C14H9ClI2O2/c15-11-4-2-1-3-8(11)5-13(18)10-6-9(16)7-12(17)14(10)19/h1-4,6-7,19H,5H2. The number of ketones is 1. The van der Waals surface area contributed by atoms with Crippen LogP contribution in [0.2, 0.25) is 5.02 Å². The van der Waals surface area contributed by atoms with E-state index in [1.165, 1.54) is 0 Å². The second-order valence-corrected chi connectivity index (χ2v) is 6.79. The van der Waals surface area contributed by atoms with Gasteiger partial charge in [-0.15, -0.1) is 0 Å². The highest BCUT2D eigenvalue weighted by atomic mass is 127. The van der Waals surface area contributed by atoms with Crippen LogP contribution in [0.3, 0.4) is 0 Å². The minimum Gasteiger partial charge on any atom is -0.506 e. The van der Waals surface area contributed by atoms with Gasteiger partial charge in [-0.3, -0.25) is 4.79 Å². The minimum atomic E-state index is -0.137. The third-order valence-corrected chi connectivity index (χ3v) is 4.45. The number of halogens is 3. The molecule has 0 aliphatic heterocycles. The van der Waals surface area contributed by atoms with E-state index in [0.717, 1.165) is 9.13 Å². The number of carbonyl (C=O) groups is 1. The van der Waals surface area contributed by atoms with Crippen molar-refractivity contribution in [2.24, 2.45) is 0 Å². The molecule has 0 aromatic heterocycles. The van der Waals surface area contributed by atoms with Crippen LogP contribution in [-0.2, 0) is 6.42 Å². The van der Waals surface area contributed by atoms with Gasteiger partial charge in [-0.05, 0) is 68.9 Å². The summed E-state index contributed by atoms with van der Waals surface area (Å²) in [7, 11) is 0. The van der Waals surface area contributed by atoms with E-state index < -0.39 is 0 Å². The Hall–Kier alpha value is -0.340. The molecule has 0 bridgehead atoms. The summed E-state index contributed by atoms with van der Waals surface area (Å²) >= 11 is 10.2. The van der Waals surface area contributed by atoms with Crippen LogP contribution in [0.1, 0.15) is 15.9 Å². The van der Waals surface area contributed by atoms with Gasteiger partial charge in [-0.1, -0.05) is 29.8 Å². The Morgan fingerprint density at radius 3 is 2.58 bits per heavy atom. The average molecular weight is 498 g/mol. The highest BCUT2D eigenvalue weighted by molar-refractivity contribution is 14.1. The van der Waals surface area contributed by atoms with Crippen LogP contribution in [0.5, 0.6) is 5.75 Å². The van der Waals surface area contributed by atoms with Gasteiger partial charge in [-0.25, -0.2) is 0 Å². The molecule has 19 heavy (non-hydrogen) atoms. The number of carbonyl (C=O) groups excluding carboxylic acids is 1. The highest BCUT2D eigenvalue weighted by Gasteiger charge is 2.16. The molecule has 2 aromatic rings. The van der Waals surface area contributed by atoms with Crippen molar-refractivity contribution >= 4 is 62.6 Å². The topological polar surface area (TPSA) is 37.3 Å². The summed E-state index contributed by atoms with van der Waals surface area (Å²) in [5.74, 6) is -0.0971. The van der Waals surface area contributed by atoms with Crippen LogP contribution in [-0.4, -0.2) is 10.9 Å². The second kappa shape index (κ2) is 6.41. The van der Waals surface area contributed by atoms with Crippen LogP contribution < -0.4 is 0 Å². The fraction of sp³-hybridized carbons (Fsp3) is 0.0714. The van der Waals surface area contributed by atoms with Gasteiger partial charge < -0.3 is 5.11 Å². The fourth-order valence-corrected chi connectivity index (χ4v) is 3.74. The zero-order valence-corrected chi connectivity index (χ0v) is 14.7. The Balaban J connectivity index is 2.33. The Morgan fingerprint density at radius 1 is 1.21 bits per heavy atom. The first-order valence-electron chi connectivity index (χ1n) is 5.43. The van der Waals surface area contributed by atoms with Crippen molar-refractivity contribution in [1.82, 2.24) is 0 Å². The summed E-state index contributed by atoms with van der Waals surface area (Å²) in [5, 5.41) is 10.5. The molecule has 98 valence electrons. The first-order chi connectivity index (χ1) is 8.99. The molecule has 0 spiro atoms. The van der Waals surface area contributed by atoms with Crippen LogP contribution >= 0.6 is 56.8 Å². The molecule has 0 heterocycles. The Morgan fingerprint density at radius 2 is 1.89 bits per heavy atom. The van der Waals surface area contributed by atoms with Crippen molar-refractivity contribution in [2.45, 2.75) is 6.42 Å². The molecule has 0 saturated carbocycles. The van der Waals surface area contributed by atoms with Crippen molar-refractivity contribution in [3.05, 3.63) is 59.7 Å². The third kappa shape index (κ3) is 3.61. The van der Waals surface area contributed by atoms with Crippen molar-refractivity contribution in [3.8, 4) is 5.75 Å². The summed E-state index contributed by atoms with van der Waals surface area (Å²) in [6.45, 7) is 0. The van der Waals surface area contributed by atoms with Gasteiger partial charge in [0.05, 0.1) is 9.13 Å². The molecule has 5 heteroatoms. The number of Topliss-reactive ketones (excluding diaryl/α,β-unsaturated/α-hetero) is 1. The molecule has 0 fully saturated rings. The number of aromatic hydroxyl groups is 1. The van der Waals surface area contributed by atoms with E-state index in [1.54, 1.807) is 12.1 Å². The average Bonchev–Trinajstić information content (AvgIpc) is 2.36. The lowest BCUT2D eigenvalue weighted by atomic mass is 10.0. The predicted molar refractivity (Wildman–Crippen MR) is 93.0 cm³/mol. The summed E-state index contributed by atoms with van der Waals surface area (Å²) in [6.07, 6.45) is 0.184. The molecule has 0 aliphatic rings. The van der Waals surface area contributed by atoms with Crippen LogP contribution in [0.4, 0.5) is 0 Å². The summed E-state index contributed by atoms with van der Waals surface area (Å²) in [4.78, 5) is 12.3. The van der Waals surface area contributed by atoms with Gasteiger partial charge in [0.1, 0.15) is 5.75 Å². The molecular weight excluding hydrogens is 489 g/mol. The van der Waals surface area contributed by atoms with Gasteiger partial charge in [-0.2, -0.15) is 0 Å². The van der Waals surface area contributed by atoms with Crippen molar-refractivity contribution in [1.29, 1.82) is 0 Å². The van der Waals surface area contributed by atoms with Crippen molar-refractivity contribution in [3.63, 3.8) is 0 Å². The van der Waals surface area contributed by atoms with E-state index in [9.17, 15) is 9.90 Å². The fourth-order valence-electron chi connectivity index (χ4n) is 1.69. The number of benzene rings is 2. The molecule has 1 N–H and O–H groups in total. The molecule has 0 aliphatic carbocycles. The molecular formula is C14H9ClI2O2. The highest BCUT2D eigenvalue weighted by Crippen LogP contribution is 2.28. The van der Waals surface area contributed by atoms with Crippen molar-refractivity contribution < 1.29 is 9.90 Å². The zero-order chi connectivity index (χ0) is 14.0. The molecule has 0 amide bonds. The predicted octanol–water partition coefficient (Wildman–Crippen LogP) is 4.68. The molecule has 0 radical (unpaired) electrons. The largest absolute Gasteiger partial charge is 0.506 e. The van der Waals surface area contributed by atoms with Gasteiger partial charge in [0.25, 0.3) is 0 Å². The Bertz CT molecular complexity index is 641. The smallest absolute Gasteiger partial charge is 0.171 e. The number of hydrogen-bond donors (Lipinski definition) is 1. The number of phenolic OH excluding ortho intramolecular Hbond substituents is 1.